The Morgan fingerprint density at radius 2 is 1.81 bits per heavy atom. The van der Waals surface area contributed by atoms with Crippen LogP contribution in [0.1, 0.15) is 16.8 Å². The van der Waals surface area contributed by atoms with Crippen molar-refractivity contribution in [2.45, 2.75) is 18.5 Å². The summed E-state index contributed by atoms with van der Waals surface area (Å²) in [7, 11) is 4.00. The Balaban J connectivity index is 2.52. The molecule has 1 aromatic rings. The maximum atomic E-state index is 13.1. The van der Waals surface area contributed by atoms with Gasteiger partial charge in [0.25, 0.3) is 5.91 Å². The second-order valence-corrected chi connectivity index (χ2v) is 5.50. The van der Waals surface area contributed by atoms with E-state index in [1.54, 1.807) is 0 Å². The zero-order valence-corrected chi connectivity index (χ0v) is 14.9. The average Bonchev–Trinajstić information content (AvgIpc) is 3.10. The largest absolute Gasteiger partial charge is 0.493 e. The minimum atomic E-state index is -0.926. The number of carbonyl (C=O) groups excluding carboxylic acids is 2. The molecule has 0 bridgehead atoms. The van der Waals surface area contributed by atoms with Gasteiger partial charge < -0.3 is 19.1 Å². The first-order valence-electron chi connectivity index (χ1n) is 7.74. The SMILES string of the molecule is COC(=O)[C@@H]1C[C@@H](N=[N+]=[N-])CN1C(=O)c1cc(OC)c(OC)cc1N=[N+]=[N-]. The molecule has 142 valence electrons. The van der Waals surface area contributed by atoms with Gasteiger partial charge in [0, 0.05) is 16.4 Å². The number of rotatable bonds is 6. The highest BCUT2D eigenvalue weighted by Crippen LogP contribution is 2.36. The number of carbonyl (C=O) groups is 2. The molecule has 12 nitrogen and oxygen atoms in total. The monoisotopic (exact) mass is 375 g/mol. The van der Waals surface area contributed by atoms with Crippen LogP contribution in [-0.2, 0) is 9.53 Å². The van der Waals surface area contributed by atoms with E-state index in [0.29, 0.717) is 0 Å². The summed E-state index contributed by atoms with van der Waals surface area (Å²) in [6.07, 6.45) is 0.132. The molecule has 0 unspecified atom stereocenters. The average molecular weight is 375 g/mol. The Kier molecular flexibility index (Phi) is 6.32. The van der Waals surface area contributed by atoms with E-state index >= 15 is 0 Å². The minimum absolute atomic E-state index is 0.0102. The van der Waals surface area contributed by atoms with E-state index in [4.69, 9.17) is 25.3 Å². The van der Waals surface area contributed by atoms with E-state index in [1.807, 2.05) is 0 Å². The van der Waals surface area contributed by atoms with Crippen LogP contribution in [0.3, 0.4) is 0 Å². The third-order valence-electron chi connectivity index (χ3n) is 4.11. The lowest BCUT2D eigenvalue weighted by Crippen LogP contribution is -2.41. The summed E-state index contributed by atoms with van der Waals surface area (Å²) in [6, 6.07) is 1.22. The lowest BCUT2D eigenvalue weighted by molar-refractivity contribution is -0.145. The van der Waals surface area contributed by atoms with Crippen molar-refractivity contribution in [1.29, 1.82) is 0 Å². The van der Waals surface area contributed by atoms with Crippen LogP contribution >= 0.6 is 0 Å². The molecule has 0 saturated carbocycles. The van der Waals surface area contributed by atoms with Crippen molar-refractivity contribution in [1.82, 2.24) is 4.90 Å². The highest BCUT2D eigenvalue weighted by molar-refractivity contribution is 6.02. The minimum Gasteiger partial charge on any atom is -0.493 e. The number of methoxy groups -OCH3 is 3. The van der Waals surface area contributed by atoms with Crippen LogP contribution in [0, 0.1) is 0 Å². The summed E-state index contributed by atoms with van der Waals surface area (Å²) < 4.78 is 15.1. The van der Waals surface area contributed by atoms with Crippen molar-refractivity contribution < 1.29 is 23.8 Å². The molecule has 27 heavy (non-hydrogen) atoms. The summed E-state index contributed by atoms with van der Waals surface area (Å²) in [5.41, 5.74) is 17.5. The lowest BCUT2D eigenvalue weighted by Gasteiger charge is -2.24. The second kappa shape index (κ2) is 8.65. The summed E-state index contributed by atoms with van der Waals surface area (Å²) in [5.74, 6) is -0.707. The zero-order valence-electron chi connectivity index (χ0n) is 14.9. The molecule has 2 rings (SSSR count). The molecule has 1 aliphatic heterocycles. The highest BCUT2D eigenvalue weighted by atomic mass is 16.5. The van der Waals surface area contributed by atoms with Gasteiger partial charge >= 0.3 is 5.97 Å². The molecule has 2 atom stereocenters. The van der Waals surface area contributed by atoms with Gasteiger partial charge in [-0.25, -0.2) is 4.79 Å². The number of hydrogen-bond acceptors (Lipinski definition) is 7. The van der Waals surface area contributed by atoms with Crippen molar-refractivity contribution in [3.8, 4) is 11.5 Å². The van der Waals surface area contributed by atoms with Crippen molar-refractivity contribution in [2.24, 2.45) is 10.2 Å². The maximum Gasteiger partial charge on any atom is 0.328 e. The number of likely N-dealkylation sites (tertiary alicyclic amines) is 1. The van der Waals surface area contributed by atoms with E-state index in [1.165, 1.54) is 38.4 Å². The van der Waals surface area contributed by atoms with E-state index in [9.17, 15) is 9.59 Å². The van der Waals surface area contributed by atoms with Crippen LogP contribution in [0.15, 0.2) is 22.4 Å². The van der Waals surface area contributed by atoms with Gasteiger partial charge in [0.05, 0.1) is 38.6 Å². The van der Waals surface area contributed by atoms with E-state index < -0.39 is 24.0 Å². The topological polar surface area (TPSA) is 163 Å². The van der Waals surface area contributed by atoms with Gasteiger partial charge in [-0.2, -0.15) is 0 Å². The van der Waals surface area contributed by atoms with Crippen molar-refractivity contribution >= 4 is 17.6 Å². The normalized spacial score (nSPS) is 18.1. The number of azide groups is 2. The lowest BCUT2D eigenvalue weighted by atomic mass is 10.1. The molecule has 0 N–H and O–H groups in total. The molecule has 0 aliphatic carbocycles. The number of esters is 1. The first kappa shape index (κ1) is 19.7. The van der Waals surface area contributed by atoms with Crippen LogP contribution in [0.4, 0.5) is 5.69 Å². The van der Waals surface area contributed by atoms with Gasteiger partial charge in [-0.15, -0.1) is 0 Å². The standard InChI is InChI=1S/C15H17N7O5/c1-25-12-5-9(10(19-21-17)6-13(12)26-2)14(23)22-7-8(18-20-16)4-11(22)15(24)27-3/h5-6,8,11H,4,7H2,1-3H3/t8-,11+/m1/s1. The van der Waals surface area contributed by atoms with Gasteiger partial charge in [0.1, 0.15) is 6.04 Å². The fourth-order valence-electron chi connectivity index (χ4n) is 2.88. The number of amides is 1. The Morgan fingerprint density at radius 1 is 1.15 bits per heavy atom. The molecule has 12 heteroatoms. The zero-order chi connectivity index (χ0) is 20.0. The van der Waals surface area contributed by atoms with Crippen molar-refractivity contribution in [2.75, 3.05) is 27.9 Å². The van der Waals surface area contributed by atoms with Crippen LogP contribution in [0.5, 0.6) is 11.5 Å². The quantitative estimate of drug-likeness (QED) is 0.322. The summed E-state index contributed by atoms with van der Waals surface area (Å²) in [5, 5.41) is 7.12. The number of nitrogens with zero attached hydrogens (tertiary/aromatic N) is 7. The molecule has 0 spiro atoms. The Hall–Kier alpha value is -3.62. The third kappa shape index (κ3) is 3.97. The van der Waals surface area contributed by atoms with Crippen LogP contribution in [0.25, 0.3) is 20.9 Å². The van der Waals surface area contributed by atoms with E-state index in [0.717, 1.165) is 0 Å². The molecule has 0 radical (unpaired) electrons. The van der Waals surface area contributed by atoms with Crippen LogP contribution in [0.2, 0.25) is 0 Å². The van der Waals surface area contributed by atoms with Gasteiger partial charge in [-0.3, -0.25) is 4.79 Å². The maximum absolute atomic E-state index is 13.1. The van der Waals surface area contributed by atoms with E-state index in [2.05, 4.69) is 20.1 Å². The van der Waals surface area contributed by atoms with E-state index in [-0.39, 0.29) is 35.7 Å². The third-order valence-corrected chi connectivity index (χ3v) is 4.11. The molecular formula is C15H17N7O5. The Bertz CT molecular complexity index is 845. The molecule has 1 saturated heterocycles. The molecule has 1 aliphatic rings. The second-order valence-electron chi connectivity index (χ2n) is 5.50. The van der Waals surface area contributed by atoms with Crippen LogP contribution < -0.4 is 9.47 Å². The fourth-order valence-corrected chi connectivity index (χ4v) is 2.88. The van der Waals surface area contributed by atoms with Crippen molar-refractivity contribution in [3.63, 3.8) is 0 Å². The predicted molar refractivity (Wildman–Crippen MR) is 92.7 cm³/mol. The summed E-state index contributed by atoms with van der Waals surface area (Å²) in [6.45, 7) is 0.0205. The summed E-state index contributed by atoms with van der Waals surface area (Å²) in [4.78, 5) is 31.8. The first-order valence-corrected chi connectivity index (χ1v) is 7.74. The first-order chi connectivity index (χ1) is 13.0. The molecule has 1 amide bonds. The predicted octanol–water partition coefficient (Wildman–Crippen LogP) is 2.71. The molecule has 1 aromatic carbocycles. The Morgan fingerprint density at radius 3 is 2.37 bits per heavy atom. The fraction of sp³-hybridized carbons (Fsp3) is 0.467. The van der Waals surface area contributed by atoms with Gasteiger partial charge in [0.2, 0.25) is 0 Å². The molecule has 1 heterocycles. The highest BCUT2D eigenvalue weighted by Gasteiger charge is 2.41. The number of ether oxygens (including phenoxy) is 3. The molecule has 0 aromatic heterocycles. The van der Waals surface area contributed by atoms with Gasteiger partial charge in [-0.05, 0) is 29.6 Å². The smallest absolute Gasteiger partial charge is 0.328 e. The molecular weight excluding hydrogens is 358 g/mol. The van der Waals surface area contributed by atoms with Gasteiger partial charge in [-0.1, -0.05) is 10.2 Å². The summed E-state index contributed by atoms with van der Waals surface area (Å²) >= 11 is 0. The van der Waals surface area contributed by atoms with Crippen molar-refractivity contribution in [3.05, 3.63) is 38.6 Å². The molecule has 1 fully saturated rings. The number of benzene rings is 1. The van der Waals surface area contributed by atoms with Gasteiger partial charge in [0.15, 0.2) is 11.5 Å². The van der Waals surface area contributed by atoms with Crippen LogP contribution in [-0.4, -0.2) is 56.7 Å². The number of hydrogen-bond donors (Lipinski definition) is 0. The Labute approximate surface area is 153 Å².